The molecule has 1 amide bonds. The molecule has 0 unspecified atom stereocenters. The van der Waals surface area contributed by atoms with Gasteiger partial charge in [-0.3, -0.25) is 4.79 Å². The lowest BCUT2D eigenvalue weighted by Crippen LogP contribution is -2.35. The average Bonchev–Trinajstić information content (AvgIpc) is 3.34. The van der Waals surface area contributed by atoms with Crippen molar-refractivity contribution in [3.8, 4) is 5.75 Å². The van der Waals surface area contributed by atoms with Crippen LogP contribution < -0.4 is 15.4 Å². The van der Waals surface area contributed by atoms with Crippen molar-refractivity contribution in [2.24, 2.45) is 0 Å². The predicted molar refractivity (Wildman–Crippen MR) is 117 cm³/mol. The van der Waals surface area contributed by atoms with E-state index in [2.05, 4.69) is 47.6 Å². The molecule has 4 rings (SSSR count). The third kappa shape index (κ3) is 4.51. The molecule has 0 spiro atoms. The number of hydrogen-bond donors (Lipinski definition) is 2. The van der Waals surface area contributed by atoms with E-state index in [1.54, 1.807) is 43.5 Å². The Hall–Kier alpha value is -2.47. The number of rotatable bonds is 5. The van der Waals surface area contributed by atoms with E-state index >= 15 is 0 Å². The van der Waals surface area contributed by atoms with Gasteiger partial charge in [0.1, 0.15) is 17.3 Å². The minimum Gasteiger partial charge on any atom is -0.497 e. The lowest BCUT2D eigenvalue weighted by molar-refractivity contribution is -0.174. The highest BCUT2D eigenvalue weighted by molar-refractivity contribution is 9.10. The number of alkyl halides is 3. The van der Waals surface area contributed by atoms with Gasteiger partial charge in [-0.1, -0.05) is 12.1 Å². The van der Waals surface area contributed by atoms with Crippen LogP contribution in [0.4, 0.5) is 19.0 Å². The Labute approximate surface area is 197 Å². The van der Waals surface area contributed by atoms with E-state index in [0.717, 1.165) is 10.2 Å². The van der Waals surface area contributed by atoms with Crippen LogP contribution in [0.1, 0.15) is 40.3 Å². The van der Waals surface area contributed by atoms with Crippen molar-refractivity contribution in [3.63, 3.8) is 0 Å². The fraction of sp³-hybridized carbons (Fsp3) is 0.300. The average molecular weight is 578 g/mol. The number of fused-ring (bicyclic) bond motifs is 1. The van der Waals surface area contributed by atoms with Crippen LogP contribution in [0, 0.1) is 0 Å². The number of aromatic nitrogens is 2. The molecule has 1 aliphatic rings. The smallest absolute Gasteiger partial charge is 0.410 e. The molecule has 1 aliphatic heterocycles. The van der Waals surface area contributed by atoms with E-state index in [1.165, 1.54) is 0 Å². The second-order valence-corrected chi connectivity index (χ2v) is 8.69. The summed E-state index contributed by atoms with van der Waals surface area (Å²) in [5.74, 6) is 0.475. The summed E-state index contributed by atoms with van der Waals surface area (Å²) in [6, 6.07) is 7.58. The van der Waals surface area contributed by atoms with Gasteiger partial charge in [-0.2, -0.15) is 18.3 Å². The van der Waals surface area contributed by atoms with E-state index < -0.39 is 24.2 Å². The van der Waals surface area contributed by atoms with Gasteiger partial charge in [0, 0.05) is 13.0 Å². The number of nitrogens with zero attached hydrogens (tertiary/aromatic N) is 2. The number of ether oxygens (including phenoxy) is 1. The Morgan fingerprint density at radius 3 is 2.59 bits per heavy atom. The number of nitrogens with one attached hydrogen (secondary N) is 2. The van der Waals surface area contributed by atoms with Crippen molar-refractivity contribution in [1.82, 2.24) is 15.1 Å². The first-order valence-corrected chi connectivity index (χ1v) is 11.0. The third-order valence-electron chi connectivity index (χ3n) is 5.06. The lowest BCUT2D eigenvalue weighted by atomic mass is 10.0. The molecule has 0 fully saturated rings. The van der Waals surface area contributed by atoms with E-state index in [9.17, 15) is 18.0 Å². The SMILES string of the molecule is COc1ccc(CNC(=O)c2nn3c(c2Br)N[C@@H](c2ccc(Br)o2)C[C@H]3C(F)(F)F)cc1. The minimum atomic E-state index is -4.57. The van der Waals surface area contributed by atoms with Crippen LogP contribution in [0.25, 0.3) is 0 Å². The number of hydrogen-bond acceptors (Lipinski definition) is 5. The molecule has 0 bridgehead atoms. The molecule has 7 nitrogen and oxygen atoms in total. The van der Waals surface area contributed by atoms with Gasteiger partial charge in [0.05, 0.1) is 17.6 Å². The van der Waals surface area contributed by atoms with Crippen LogP contribution in [0.3, 0.4) is 0 Å². The van der Waals surface area contributed by atoms with Crippen molar-refractivity contribution < 1.29 is 27.1 Å². The number of anilines is 1. The molecule has 170 valence electrons. The van der Waals surface area contributed by atoms with Crippen molar-refractivity contribution >= 4 is 43.6 Å². The molecule has 1 aromatic carbocycles. The maximum absolute atomic E-state index is 13.8. The van der Waals surface area contributed by atoms with Crippen LogP contribution >= 0.6 is 31.9 Å². The Bertz CT molecular complexity index is 1130. The summed E-state index contributed by atoms with van der Waals surface area (Å²) in [5.41, 5.74) is 0.658. The summed E-state index contributed by atoms with van der Waals surface area (Å²) in [7, 11) is 1.55. The van der Waals surface area contributed by atoms with E-state index in [-0.39, 0.29) is 29.0 Å². The minimum absolute atomic E-state index is 0.0608. The van der Waals surface area contributed by atoms with Gasteiger partial charge in [0.2, 0.25) is 0 Å². The number of furan rings is 1. The molecule has 0 saturated heterocycles. The second-order valence-electron chi connectivity index (χ2n) is 7.12. The topological polar surface area (TPSA) is 81.3 Å². The summed E-state index contributed by atoms with van der Waals surface area (Å²) in [4.78, 5) is 12.7. The van der Waals surface area contributed by atoms with Crippen LogP contribution in [-0.4, -0.2) is 29.0 Å². The van der Waals surface area contributed by atoms with Gasteiger partial charge < -0.3 is 19.8 Å². The largest absolute Gasteiger partial charge is 0.497 e. The highest BCUT2D eigenvalue weighted by atomic mass is 79.9. The van der Waals surface area contributed by atoms with Crippen molar-refractivity contribution in [3.05, 3.63) is 62.6 Å². The molecule has 2 aromatic heterocycles. The quantitative estimate of drug-likeness (QED) is 0.412. The number of carbonyl (C=O) groups is 1. The maximum atomic E-state index is 13.8. The van der Waals surface area contributed by atoms with Crippen LogP contribution in [-0.2, 0) is 6.54 Å². The van der Waals surface area contributed by atoms with Gasteiger partial charge in [-0.15, -0.1) is 0 Å². The molecule has 2 atom stereocenters. The van der Waals surface area contributed by atoms with E-state index in [4.69, 9.17) is 9.15 Å². The predicted octanol–water partition coefficient (Wildman–Crippen LogP) is 5.60. The van der Waals surface area contributed by atoms with Crippen LogP contribution in [0.2, 0.25) is 0 Å². The number of benzene rings is 1. The van der Waals surface area contributed by atoms with E-state index in [1.807, 2.05) is 0 Å². The standard InChI is InChI=1S/C20H17Br2F3N4O3/c1-31-11-4-2-10(3-5-11)9-26-19(30)17-16(22)18-27-12(13-6-7-15(21)32-13)8-14(20(23,24)25)29(18)28-17/h2-7,12,14,27H,8-9H2,1H3,(H,26,30)/t12-,14+/m1/s1. The third-order valence-corrected chi connectivity index (χ3v) is 6.24. The molecular formula is C20H17Br2F3N4O3. The maximum Gasteiger partial charge on any atom is 0.410 e. The zero-order valence-corrected chi connectivity index (χ0v) is 19.7. The molecule has 32 heavy (non-hydrogen) atoms. The van der Waals surface area contributed by atoms with Crippen molar-refractivity contribution in [1.29, 1.82) is 0 Å². The molecule has 3 heterocycles. The van der Waals surface area contributed by atoms with Crippen LogP contribution in [0.15, 0.2) is 50.0 Å². The van der Waals surface area contributed by atoms with Crippen LogP contribution in [0.5, 0.6) is 5.75 Å². The molecule has 2 N–H and O–H groups in total. The zero-order valence-electron chi connectivity index (χ0n) is 16.5. The zero-order chi connectivity index (χ0) is 23.0. The summed E-state index contributed by atoms with van der Waals surface area (Å²) >= 11 is 6.42. The van der Waals surface area contributed by atoms with Gasteiger partial charge >= 0.3 is 6.18 Å². The van der Waals surface area contributed by atoms with Crippen molar-refractivity contribution in [2.75, 3.05) is 12.4 Å². The Balaban J connectivity index is 1.59. The highest BCUT2D eigenvalue weighted by Crippen LogP contribution is 2.46. The summed E-state index contributed by atoms with van der Waals surface area (Å²) in [6.07, 6.45) is -4.90. The number of amides is 1. The molecule has 0 aliphatic carbocycles. The van der Waals surface area contributed by atoms with E-state index in [0.29, 0.717) is 16.2 Å². The first-order chi connectivity index (χ1) is 15.2. The Morgan fingerprint density at radius 2 is 2.00 bits per heavy atom. The molecular weight excluding hydrogens is 561 g/mol. The van der Waals surface area contributed by atoms with Gasteiger partial charge in [0.15, 0.2) is 16.4 Å². The highest BCUT2D eigenvalue weighted by Gasteiger charge is 2.48. The molecule has 12 heteroatoms. The first-order valence-electron chi connectivity index (χ1n) is 9.45. The fourth-order valence-corrected chi connectivity index (χ4v) is 4.32. The monoisotopic (exact) mass is 576 g/mol. The Morgan fingerprint density at radius 1 is 1.28 bits per heavy atom. The molecule has 3 aromatic rings. The van der Waals surface area contributed by atoms with Crippen molar-refractivity contribution in [2.45, 2.75) is 31.2 Å². The molecule has 0 saturated carbocycles. The number of methoxy groups -OCH3 is 1. The van der Waals surface area contributed by atoms with Gasteiger partial charge in [0.25, 0.3) is 5.91 Å². The fourth-order valence-electron chi connectivity index (χ4n) is 3.45. The van der Waals surface area contributed by atoms with Gasteiger partial charge in [-0.05, 0) is 61.7 Å². The summed E-state index contributed by atoms with van der Waals surface area (Å²) < 4.78 is 53.4. The molecule has 0 radical (unpaired) electrons. The normalized spacial score (nSPS) is 18.1. The number of carbonyl (C=O) groups excluding carboxylic acids is 1. The Kier molecular flexibility index (Phi) is 6.26. The summed E-state index contributed by atoms with van der Waals surface area (Å²) in [6.45, 7) is 0.177. The lowest BCUT2D eigenvalue weighted by Gasteiger charge is -2.32. The first kappa shape index (κ1) is 22.7. The number of halogens is 5. The van der Waals surface area contributed by atoms with Gasteiger partial charge in [-0.25, -0.2) is 4.68 Å². The second kappa shape index (κ2) is 8.81. The summed E-state index contributed by atoms with van der Waals surface area (Å²) in [5, 5.41) is 9.67.